The van der Waals surface area contributed by atoms with E-state index in [0.29, 0.717) is 55.0 Å². The van der Waals surface area contributed by atoms with Crippen LogP contribution in [0.2, 0.25) is 0 Å². The molecule has 1 fully saturated rings. The Morgan fingerprint density at radius 1 is 1.14 bits per heavy atom. The molecule has 9 heteroatoms. The summed E-state index contributed by atoms with van der Waals surface area (Å²) in [6, 6.07) is 11.3. The van der Waals surface area contributed by atoms with Gasteiger partial charge in [-0.3, -0.25) is 9.48 Å². The molecule has 2 aromatic carbocycles. The molecule has 37 heavy (non-hydrogen) atoms. The molecule has 8 nitrogen and oxygen atoms in total. The van der Waals surface area contributed by atoms with Gasteiger partial charge in [-0.15, -0.1) is 0 Å². The van der Waals surface area contributed by atoms with E-state index in [9.17, 15) is 14.7 Å². The zero-order valence-corrected chi connectivity index (χ0v) is 21.1. The predicted octanol–water partition coefficient (Wildman–Crippen LogP) is 4.59. The molecule has 3 aromatic rings. The van der Waals surface area contributed by atoms with Crippen LogP contribution < -0.4 is 9.64 Å². The molecule has 2 aliphatic heterocycles. The number of carbonyl (C=O) groups is 2. The minimum atomic E-state index is -0.883. The lowest BCUT2D eigenvalue weighted by Crippen LogP contribution is -2.37. The van der Waals surface area contributed by atoms with E-state index in [1.807, 2.05) is 41.2 Å². The standard InChI is InChI=1S/C28H31FN4O4/c1-31-24-9-7-23(26(29)22(24)8-10-25(31)34)27-20(15-18-11-13-32(14-12-18)28(35)36)17-33(30-27)16-19-3-5-21(37-2)6-4-19/h3-7,9,17-18H,8,10-16H2,1-2H3,(H,35,36). The normalized spacial score (nSPS) is 16.1. The highest BCUT2D eigenvalue weighted by atomic mass is 19.1. The van der Waals surface area contributed by atoms with Crippen LogP contribution in [0.4, 0.5) is 14.9 Å². The average molecular weight is 507 g/mol. The monoisotopic (exact) mass is 506 g/mol. The van der Waals surface area contributed by atoms with Crippen molar-refractivity contribution in [3.05, 3.63) is 65.1 Å². The molecular formula is C28H31FN4O4. The molecule has 1 aromatic heterocycles. The molecule has 5 rings (SSSR count). The van der Waals surface area contributed by atoms with Crippen LogP contribution in [-0.2, 0) is 24.2 Å². The van der Waals surface area contributed by atoms with E-state index in [-0.39, 0.29) is 24.1 Å². The van der Waals surface area contributed by atoms with Crippen LogP contribution in [-0.4, -0.2) is 59.0 Å². The number of anilines is 1. The molecule has 0 radical (unpaired) electrons. The van der Waals surface area contributed by atoms with Gasteiger partial charge in [-0.1, -0.05) is 12.1 Å². The maximum Gasteiger partial charge on any atom is 0.407 e. The molecule has 3 heterocycles. The molecule has 0 unspecified atom stereocenters. The molecule has 0 atom stereocenters. The number of benzene rings is 2. The number of hydrogen-bond donors (Lipinski definition) is 1. The Bertz CT molecular complexity index is 1310. The van der Waals surface area contributed by atoms with E-state index in [0.717, 1.165) is 29.7 Å². The van der Waals surface area contributed by atoms with Crippen LogP contribution in [0.1, 0.15) is 36.0 Å². The van der Waals surface area contributed by atoms with Crippen molar-refractivity contribution in [2.24, 2.45) is 5.92 Å². The fourth-order valence-electron chi connectivity index (χ4n) is 5.36. The number of amides is 2. The quantitative estimate of drug-likeness (QED) is 0.529. The lowest BCUT2D eigenvalue weighted by molar-refractivity contribution is -0.118. The zero-order chi connectivity index (χ0) is 26.1. The van der Waals surface area contributed by atoms with Gasteiger partial charge in [-0.25, -0.2) is 9.18 Å². The van der Waals surface area contributed by atoms with Gasteiger partial charge in [0.1, 0.15) is 11.6 Å². The Morgan fingerprint density at radius 3 is 2.54 bits per heavy atom. The van der Waals surface area contributed by atoms with Crippen molar-refractivity contribution in [1.29, 1.82) is 0 Å². The van der Waals surface area contributed by atoms with Crippen molar-refractivity contribution in [2.45, 2.75) is 38.6 Å². The Balaban J connectivity index is 1.47. The average Bonchev–Trinajstić information content (AvgIpc) is 3.28. The number of halogens is 1. The number of hydrogen-bond acceptors (Lipinski definition) is 4. The topological polar surface area (TPSA) is 87.9 Å². The van der Waals surface area contributed by atoms with Gasteiger partial charge in [0.25, 0.3) is 0 Å². The number of aromatic nitrogens is 2. The highest BCUT2D eigenvalue weighted by molar-refractivity contribution is 5.96. The number of piperidine rings is 1. The van der Waals surface area contributed by atoms with E-state index in [4.69, 9.17) is 9.84 Å². The SMILES string of the molecule is COc1ccc(Cn2cc(CC3CCN(C(=O)O)CC3)c(-c3ccc4c(c3F)CCC(=O)N4C)n2)cc1. The van der Waals surface area contributed by atoms with Crippen molar-refractivity contribution in [2.75, 3.05) is 32.1 Å². The molecule has 0 saturated carbocycles. The maximum atomic E-state index is 15.9. The predicted molar refractivity (Wildman–Crippen MR) is 137 cm³/mol. The Labute approximate surface area is 215 Å². The second kappa shape index (κ2) is 10.2. The molecule has 1 N–H and O–H groups in total. The molecule has 194 valence electrons. The van der Waals surface area contributed by atoms with Gasteiger partial charge in [0.15, 0.2) is 0 Å². The van der Waals surface area contributed by atoms with Crippen molar-refractivity contribution in [3.8, 4) is 17.0 Å². The molecule has 2 aliphatic rings. The molecule has 0 spiro atoms. The van der Waals surface area contributed by atoms with Gasteiger partial charge in [0.2, 0.25) is 5.91 Å². The third-order valence-electron chi connectivity index (χ3n) is 7.53. The summed E-state index contributed by atoms with van der Waals surface area (Å²) in [7, 11) is 3.31. The fraction of sp³-hybridized carbons (Fsp3) is 0.393. The number of carbonyl (C=O) groups excluding carboxylic acids is 1. The van der Waals surface area contributed by atoms with Crippen LogP contribution in [0.25, 0.3) is 11.3 Å². The smallest absolute Gasteiger partial charge is 0.407 e. The first kappa shape index (κ1) is 24.8. The van der Waals surface area contributed by atoms with Crippen LogP contribution in [0.5, 0.6) is 5.75 Å². The van der Waals surface area contributed by atoms with Crippen LogP contribution in [0, 0.1) is 11.7 Å². The summed E-state index contributed by atoms with van der Waals surface area (Å²) in [5.41, 5.74) is 4.19. The molecule has 1 saturated heterocycles. The van der Waals surface area contributed by atoms with Crippen molar-refractivity contribution >= 4 is 17.7 Å². The molecular weight excluding hydrogens is 475 g/mol. The highest BCUT2D eigenvalue weighted by Gasteiger charge is 2.28. The third-order valence-corrected chi connectivity index (χ3v) is 7.53. The maximum absolute atomic E-state index is 15.9. The summed E-state index contributed by atoms with van der Waals surface area (Å²) in [4.78, 5) is 26.4. The third kappa shape index (κ3) is 5.03. The van der Waals surface area contributed by atoms with Crippen LogP contribution in [0.15, 0.2) is 42.6 Å². The summed E-state index contributed by atoms with van der Waals surface area (Å²) < 4.78 is 23.0. The van der Waals surface area contributed by atoms with E-state index in [2.05, 4.69) is 0 Å². The number of fused-ring (bicyclic) bond motifs is 1. The summed E-state index contributed by atoms with van der Waals surface area (Å²) in [6.45, 7) is 1.53. The van der Waals surface area contributed by atoms with Gasteiger partial charge in [-0.2, -0.15) is 5.10 Å². The number of likely N-dealkylation sites (tertiary alicyclic amines) is 1. The number of nitrogens with zero attached hydrogens (tertiary/aromatic N) is 4. The molecule has 0 aliphatic carbocycles. The van der Waals surface area contributed by atoms with E-state index < -0.39 is 6.09 Å². The summed E-state index contributed by atoms with van der Waals surface area (Å²) in [6.07, 6.45) is 3.96. The highest BCUT2D eigenvalue weighted by Crippen LogP contribution is 2.36. The van der Waals surface area contributed by atoms with Gasteiger partial charge in [0.05, 0.1) is 19.3 Å². The zero-order valence-electron chi connectivity index (χ0n) is 21.1. The second-order valence-electron chi connectivity index (χ2n) is 9.84. The first-order valence-electron chi connectivity index (χ1n) is 12.6. The minimum absolute atomic E-state index is 0.0168. The number of rotatable bonds is 6. The number of methoxy groups -OCH3 is 1. The second-order valence-corrected chi connectivity index (χ2v) is 9.84. The largest absolute Gasteiger partial charge is 0.497 e. The Morgan fingerprint density at radius 2 is 1.86 bits per heavy atom. The van der Waals surface area contributed by atoms with Crippen LogP contribution in [0.3, 0.4) is 0 Å². The summed E-state index contributed by atoms with van der Waals surface area (Å²) in [5, 5.41) is 14.1. The summed E-state index contributed by atoms with van der Waals surface area (Å²) >= 11 is 0. The Kier molecular flexibility index (Phi) is 6.86. The van der Waals surface area contributed by atoms with Crippen molar-refractivity contribution in [1.82, 2.24) is 14.7 Å². The lowest BCUT2D eigenvalue weighted by atomic mass is 9.89. The molecule has 2 amide bonds. The lowest BCUT2D eigenvalue weighted by Gasteiger charge is -2.30. The van der Waals surface area contributed by atoms with Crippen molar-refractivity contribution in [3.63, 3.8) is 0 Å². The summed E-state index contributed by atoms with van der Waals surface area (Å²) in [5.74, 6) is 0.723. The fourth-order valence-corrected chi connectivity index (χ4v) is 5.36. The van der Waals surface area contributed by atoms with Gasteiger partial charge in [0, 0.05) is 49.6 Å². The van der Waals surface area contributed by atoms with Gasteiger partial charge < -0.3 is 19.6 Å². The van der Waals surface area contributed by atoms with Crippen molar-refractivity contribution < 1.29 is 23.8 Å². The van der Waals surface area contributed by atoms with Crippen LogP contribution >= 0.6 is 0 Å². The van der Waals surface area contributed by atoms with E-state index >= 15 is 4.39 Å². The first-order chi connectivity index (χ1) is 17.8. The van der Waals surface area contributed by atoms with E-state index in [1.165, 1.54) is 9.80 Å². The number of ether oxygens (including phenoxy) is 1. The first-order valence-corrected chi connectivity index (χ1v) is 12.6. The van der Waals surface area contributed by atoms with E-state index in [1.54, 1.807) is 20.2 Å². The van der Waals surface area contributed by atoms with Gasteiger partial charge >= 0.3 is 6.09 Å². The van der Waals surface area contributed by atoms with Gasteiger partial charge in [-0.05, 0) is 67.0 Å². The molecule has 0 bridgehead atoms. The number of carboxylic acid groups (broad SMARTS) is 1. The minimum Gasteiger partial charge on any atom is -0.497 e. The Hall–Kier alpha value is -3.88.